The van der Waals surface area contributed by atoms with Gasteiger partial charge in [0.05, 0.1) is 18.7 Å². The topological polar surface area (TPSA) is 106 Å². The van der Waals surface area contributed by atoms with Crippen molar-refractivity contribution in [3.63, 3.8) is 0 Å². The highest BCUT2D eigenvalue weighted by atomic mass is 16.5. The van der Waals surface area contributed by atoms with Crippen molar-refractivity contribution in [2.45, 2.75) is 134 Å². The summed E-state index contributed by atoms with van der Waals surface area (Å²) < 4.78 is 23.2. The van der Waals surface area contributed by atoms with Crippen molar-refractivity contribution in [1.82, 2.24) is 4.98 Å². The quantitative estimate of drug-likeness (QED) is 0.110. The smallest absolute Gasteiger partial charge is 0.237 e. The second-order valence-corrected chi connectivity index (χ2v) is 19.9. The lowest BCUT2D eigenvalue weighted by atomic mass is 9.48. The molecule has 4 aliphatic heterocycles. The van der Waals surface area contributed by atoms with Gasteiger partial charge >= 0.3 is 0 Å². The van der Waals surface area contributed by atoms with Crippen LogP contribution in [0.5, 0.6) is 46.1 Å². The molecular formula is C71H79B4N5O4. The number of aromatic nitrogens is 1. The van der Waals surface area contributed by atoms with Gasteiger partial charge in [-0.1, -0.05) is 213 Å². The fourth-order valence-corrected chi connectivity index (χ4v) is 10.4. The summed E-state index contributed by atoms with van der Waals surface area (Å²) in [6.07, 6.45) is 11.0. The summed E-state index contributed by atoms with van der Waals surface area (Å²) in [5, 5.41) is 18.1. The van der Waals surface area contributed by atoms with Crippen molar-refractivity contribution in [2.75, 3.05) is 0 Å². The van der Waals surface area contributed by atoms with E-state index in [1.807, 2.05) is 122 Å². The Morgan fingerprint density at radius 2 is 0.714 bits per heavy atom. The predicted molar refractivity (Wildman–Crippen MR) is 356 cm³/mol. The molecule has 0 spiro atoms. The van der Waals surface area contributed by atoms with Crippen LogP contribution in [0.15, 0.2) is 164 Å². The van der Waals surface area contributed by atoms with Gasteiger partial charge in [0, 0.05) is 6.20 Å². The molecule has 0 atom stereocenters. The minimum absolute atomic E-state index is 0.371. The Balaban J connectivity index is 0.000000197. The molecule has 9 nitrogen and oxygen atoms in total. The third-order valence-electron chi connectivity index (χ3n) is 14.7. The minimum Gasteiger partial charge on any atom is -0.457 e. The first-order valence-corrected chi connectivity index (χ1v) is 30.1. The van der Waals surface area contributed by atoms with Crippen molar-refractivity contribution in [1.29, 1.82) is 10.5 Å². The van der Waals surface area contributed by atoms with Gasteiger partial charge in [-0.2, -0.15) is 10.5 Å². The van der Waals surface area contributed by atoms with Crippen molar-refractivity contribution < 1.29 is 18.9 Å². The fourth-order valence-electron chi connectivity index (χ4n) is 10.4. The summed E-state index contributed by atoms with van der Waals surface area (Å²) in [5.41, 5.74) is 13.6. The molecule has 7 aromatic carbocycles. The molecule has 0 saturated carbocycles. The average Bonchev–Trinajstić information content (AvgIpc) is 4.50. The molecule has 4 aliphatic rings. The zero-order valence-corrected chi connectivity index (χ0v) is 51.4. The Morgan fingerprint density at radius 3 is 1.07 bits per heavy atom. The van der Waals surface area contributed by atoms with Gasteiger partial charge in [-0.25, -0.2) is 14.7 Å². The molecule has 1 aromatic heterocycles. The number of hydrogen-bond donors (Lipinski definition) is 0. The van der Waals surface area contributed by atoms with Crippen LogP contribution in [0.3, 0.4) is 0 Å². The van der Waals surface area contributed by atoms with Crippen LogP contribution in [0.4, 0.5) is 11.4 Å². The van der Waals surface area contributed by atoms with E-state index in [1.54, 1.807) is 48.7 Å². The van der Waals surface area contributed by atoms with E-state index >= 15 is 0 Å². The summed E-state index contributed by atoms with van der Waals surface area (Å²) in [4.78, 5) is 10.8. The molecular weight excluding hydrogens is 1030 g/mol. The minimum atomic E-state index is 0.371. The molecule has 12 rings (SSSR count). The van der Waals surface area contributed by atoms with E-state index in [2.05, 4.69) is 103 Å². The number of nitrogens with zero attached hydrogens (tertiary/aromatic N) is 5. The molecule has 84 heavy (non-hydrogen) atoms. The van der Waals surface area contributed by atoms with Crippen molar-refractivity contribution >= 4 is 60.1 Å². The molecule has 0 saturated heterocycles. The summed E-state index contributed by atoms with van der Waals surface area (Å²) in [7, 11) is 0. The van der Waals surface area contributed by atoms with Crippen LogP contribution in [-0.4, -0.2) is 31.8 Å². The molecule has 0 aliphatic carbocycles. The summed E-state index contributed by atoms with van der Waals surface area (Å²) in [6, 6.07) is 54.5. The van der Waals surface area contributed by atoms with Crippen LogP contribution >= 0.6 is 0 Å². The third kappa shape index (κ3) is 18.1. The highest BCUT2D eigenvalue weighted by molar-refractivity contribution is 6.75. The maximum Gasteiger partial charge on any atom is 0.237 e. The summed E-state index contributed by atoms with van der Waals surface area (Å²) in [6.45, 7) is 41.5. The van der Waals surface area contributed by atoms with E-state index < -0.39 is 0 Å². The largest absolute Gasteiger partial charge is 0.457 e. The predicted octanol–water partition coefficient (Wildman–Crippen LogP) is 17.8. The van der Waals surface area contributed by atoms with E-state index in [9.17, 15) is 0 Å². The standard InChI is InChI=1S/3C16H14BNO.C15H13BN2O.4C2H6/c2*1-17-10-9-12-11-15(7-8-16(12)17)19-14-5-3-13(18-2)4-6-14;1-17-9-8-12-10-14(6-7-15(12)17)19-16-5-3-2-4-13(16)11-18;1-16-7-6-11-9-13(4-5-14(11)16)19-15-12(10-17)3-2-8-18-15;4*1-2/h2*3-8,11H,9-10H2,1H3;2-7,10H,8-9H2,1H3;2-5,8-9H,6-7H2,1H3;4*1-2H3. The number of fused-ring (bicyclic) bond motifs is 4. The van der Waals surface area contributed by atoms with Gasteiger partial charge in [-0.15, -0.1) is 0 Å². The first-order valence-electron chi connectivity index (χ1n) is 30.1. The molecule has 0 unspecified atom stereocenters. The van der Waals surface area contributed by atoms with E-state index in [4.69, 9.17) is 42.6 Å². The molecule has 5 heterocycles. The average molecular weight is 1110 g/mol. The fraction of sp³-hybridized carbons (Fsp3) is 0.282. The van der Waals surface area contributed by atoms with Crippen molar-refractivity contribution in [2.24, 2.45) is 0 Å². The second-order valence-electron chi connectivity index (χ2n) is 19.9. The van der Waals surface area contributed by atoms with Gasteiger partial charge in [-0.05, 0) is 123 Å². The normalized spacial score (nSPS) is 12.0. The number of para-hydroxylation sites is 1. The number of benzene rings is 7. The number of ether oxygens (including phenoxy) is 4. The van der Waals surface area contributed by atoms with Crippen LogP contribution < -0.4 is 40.8 Å². The van der Waals surface area contributed by atoms with Gasteiger partial charge in [0.2, 0.25) is 5.88 Å². The molecule has 8 aromatic rings. The highest BCUT2D eigenvalue weighted by Crippen LogP contribution is 2.31. The van der Waals surface area contributed by atoms with Gasteiger partial charge < -0.3 is 18.9 Å². The number of hydrogen-bond acceptors (Lipinski definition) is 7. The lowest BCUT2D eigenvalue weighted by molar-refractivity contribution is 0.461. The highest BCUT2D eigenvalue weighted by Gasteiger charge is 2.25. The van der Waals surface area contributed by atoms with Crippen LogP contribution in [0.2, 0.25) is 52.6 Å². The maximum atomic E-state index is 9.06. The van der Waals surface area contributed by atoms with Crippen LogP contribution in [0.1, 0.15) is 88.8 Å². The van der Waals surface area contributed by atoms with Crippen LogP contribution in [0, 0.1) is 35.8 Å². The molecule has 0 amide bonds. The zero-order valence-electron chi connectivity index (χ0n) is 51.4. The lowest BCUT2D eigenvalue weighted by Gasteiger charge is -2.09. The first-order chi connectivity index (χ1) is 41.1. The Kier molecular flexibility index (Phi) is 27.1. The molecule has 0 bridgehead atoms. The number of nitriles is 2. The summed E-state index contributed by atoms with van der Waals surface area (Å²) >= 11 is 0. The number of aryl methyl sites for hydroxylation is 4. The third-order valence-corrected chi connectivity index (χ3v) is 14.7. The van der Waals surface area contributed by atoms with Gasteiger partial charge in [0.1, 0.15) is 57.9 Å². The summed E-state index contributed by atoms with van der Waals surface area (Å²) in [5.74, 6) is 5.87. The second kappa shape index (κ2) is 34.5. The Morgan fingerprint density at radius 1 is 0.393 bits per heavy atom. The maximum absolute atomic E-state index is 9.06. The number of rotatable bonds is 8. The van der Waals surface area contributed by atoms with Gasteiger partial charge in [0.15, 0.2) is 38.2 Å². The van der Waals surface area contributed by atoms with Crippen LogP contribution in [0.25, 0.3) is 9.69 Å². The molecule has 0 radical (unpaired) electrons. The zero-order chi connectivity index (χ0) is 61.0. The molecule has 13 heteroatoms. The van der Waals surface area contributed by atoms with E-state index in [0.717, 1.165) is 60.2 Å². The molecule has 424 valence electrons. The van der Waals surface area contributed by atoms with Gasteiger partial charge in [-0.3, -0.25) is 0 Å². The Bertz CT molecular complexity index is 3310. The van der Waals surface area contributed by atoms with E-state index in [-0.39, 0.29) is 0 Å². The molecule has 0 N–H and O–H groups in total. The van der Waals surface area contributed by atoms with Gasteiger partial charge in [0.25, 0.3) is 0 Å². The van der Waals surface area contributed by atoms with Crippen LogP contribution in [-0.2, 0) is 25.7 Å². The Labute approximate surface area is 504 Å². The van der Waals surface area contributed by atoms with E-state index in [1.165, 1.54) is 69.4 Å². The lowest BCUT2D eigenvalue weighted by Crippen LogP contribution is -2.21. The van der Waals surface area contributed by atoms with Crippen molar-refractivity contribution in [3.05, 3.63) is 220 Å². The Hall–Kier alpha value is -8.89. The number of pyridine rings is 1. The van der Waals surface area contributed by atoms with E-state index in [0.29, 0.717) is 61.0 Å². The SMILES string of the molecule is CB1CCc2cc(Oc3ccccc3C#N)ccc21.CB1CCc2cc(Oc3ncccc3C#N)ccc21.CC.CC.CC.CC.[C-]#[N+]c1ccc(Oc2ccc3c(c2)CCB3C)cc1.[C-]#[N+]c1ccc(Oc2ccc3c(c2)CCB3C)cc1. The first kappa shape index (κ1) is 65.9. The van der Waals surface area contributed by atoms with Crippen molar-refractivity contribution in [3.8, 4) is 58.3 Å². The monoisotopic (exact) mass is 1110 g/mol. The molecule has 0 fully saturated rings.